The van der Waals surface area contributed by atoms with E-state index < -0.39 is 40.8 Å². The summed E-state index contributed by atoms with van der Waals surface area (Å²) in [5, 5.41) is 2.95. The van der Waals surface area contributed by atoms with E-state index >= 15 is 0 Å². The highest BCUT2D eigenvalue weighted by Crippen LogP contribution is 2.45. The van der Waals surface area contributed by atoms with Crippen molar-refractivity contribution in [2.75, 3.05) is 0 Å². The van der Waals surface area contributed by atoms with E-state index in [4.69, 9.17) is 9.47 Å². The van der Waals surface area contributed by atoms with Crippen molar-refractivity contribution < 1.29 is 32.2 Å². The fourth-order valence-electron chi connectivity index (χ4n) is 3.52. The van der Waals surface area contributed by atoms with Crippen LogP contribution in [0.4, 0.5) is 13.2 Å². The number of ether oxygens (including phenoxy) is 2. The molecule has 1 N–H and O–H groups in total. The van der Waals surface area contributed by atoms with Gasteiger partial charge in [0.25, 0.3) is 0 Å². The van der Waals surface area contributed by atoms with Gasteiger partial charge in [0, 0.05) is 11.4 Å². The minimum atomic E-state index is -4.69. The summed E-state index contributed by atoms with van der Waals surface area (Å²) < 4.78 is 52.7. The molecule has 0 saturated heterocycles. The van der Waals surface area contributed by atoms with Gasteiger partial charge < -0.3 is 14.8 Å². The zero-order chi connectivity index (χ0) is 24.6. The molecule has 0 amide bonds. The molecule has 0 aliphatic carbocycles. The Bertz CT molecular complexity index is 926. The number of hydrogen-bond acceptors (Lipinski definition) is 5. The van der Waals surface area contributed by atoms with E-state index in [1.54, 1.807) is 55.4 Å². The second kappa shape index (κ2) is 8.64. The van der Waals surface area contributed by atoms with Crippen LogP contribution in [0.25, 0.3) is 0 Å². The Kier molecular flexibility index (Phi) is 6.88. The van der Waals surface area contributed by atoms with E-state index in [0.717, 1.165) is 6.07 Å². The summed E-state index contributed by atoms with van der Waals surface area (Å²) in [6.07, 6.45) is -4.69. The van der Waals surface area contributed by atoms with Crippen molar-refractivity contribution in [3.63, 3.8) is 0 Å². The summed E-state index contributed by atoms with van der Waals surface area (Å²) in [5.74, 6) is -2.94. The van der Waals surface area contributed by atoms with Gasteiger partial charge in [-0.2, -0.15) is 13.2 Å². The third-order valence-corrected chi connectivity index (χ3v) is 4.58. The van der Waals surface area contributed by atoms with Gasteiger partial charge in [0.2, 0.25) is 0 Å². The molecule has 2 rings (SSSR count). The van der Waals surface area contributed by atoms with Crippen LogP contribution in [0.2, 0.25) is 0 Å². The fraction of sp³-hybridized carbons (Fsp3) is 0.500. The van der Waals surface area contributed by atoms with Crippen molar-refractivity contribution in [1.82, 2.24) is 5.32 Å². The Balaban J connectivity index is 2.80. The van der Waals surface area contributed by atoms with Gasteiger partial charge in [0.1, 0.15) is 11.2 Å². The molecule has 0 fully saturated rings. The van der Waals surface area contributed by atoms with Gasteiger partial charge in [-0.1, -0.05) is 18.2 Å². The van der Waals surface area contributed by atoms with Gasteiger partial charge in [-0.25, -0.2) is 9.59 Å². The van der Waals surface area contributed by atoms with Crippen molar-refractivity contribution in [3.05, 3.63) is 57.9 Å². The number of carbonyl (C=O) groups excluding carboxylic acids is 2. The lowest BCUT2D eigenvalue weighted by atomic mass is 9.78. The molecule has 0 bridgehead atoms. The molecule has 176 valence electrons. The molecule has 1 aliphatic rings. The Labute approximate surface area is 186 Å². The van der Waals surface area contributed by atoms with Crippen LogP contribution in [0.3, 0.4) is 0 Å². The van der Waals surface area contributed by atoms with Gasteiger partial charge in [-0.05, 0) is 67.0 Å². The largest absolute Gasteiger partial charge is 0.457 e. The first kappa shape index (κ1) is 25.5. The van der Waals surface area contributed by atoms with Crippen LogP contribution in [0.1, 0.15) is 72.4 Å². The van der Waals surface area contributed by atoms with Gasteiger partial charge in [-0.15, -0.1) is 0 Å². The Morgan fingerprint density at radius 2 is 1.22 bits per heavy atom. The topological polar surface area (TPSA) is 64.6 Å². The van der Waals surface area contributed by atoms with Crippen LogP contribution in [0, 0.1) is 0 Å². The average Bonchev–Trinajstić information content (AvgIpc) is 2.56. The van der Waals surface area contributed by atoms with Crippen LogP contribution in [-0.4, -0.2) is 23.1 Å². The summed E-state index contributed by atoms with van der Waals surface area (Å²) in [6.45, 7) is 13.1. The molecular weight excluding hydrogens is 423 g/mol. The highest BCUT2D eigenvalue weighted by atomic mass is 19.4. The molecule has 1 aromatic rings. The van der Waals surface area contributed by atoms with Crippen molar-refractivity contribution >= 4 is 11.9 Å². The number of halogens is 3. The zero-order valence-corrected chi connectivity index (χ0v) is 19.7. The third-order valence-electron chi connectivity index (χ3n) is 4.58. The lowest BCUT2D eigenvalue weighted by molar-refractivity contribution is -0.151. The summed E-state index contributed by atoms with van der Waals surface area (Å²) in [6, 6.07) is 4.91. The number of alkyl halides is 3. The van der Waals surface area contributed by atoms with Crippen molar-refractivity contribution in [2.24, 2.45) is 0 Å². The van der Waals surface area contributed by atoms with Crippen molar-refractivity contribution in [3.8, 4) is 0 Å². The molecule has 0 radical (unpaired) electrons. The van der Waals surface area contributed by atoms with E-state index in [-0.39, 0.29) is 16.7 Å². The highest BCUT2D eigenvalue weighted by molar-refractivity contribution is 6.00. The Morgan fingerprint density at radius 1 is 0.812 bits per heavy atom. The standard InChI is InChI=1S/C24H30F3NO4/c1-13-17(20(29)31-22(3,4)5)19(15-11-9-10-12-16(15)24(25,26)27)18(14(2)28-13)21(30)32-23(6,7)8/h9-12,19,28H,1-8H3. The number of hydrogen-bond donors (Lipinski definition) is 1. The molecule has 1 aromatic carbocycles. The lowest BCUT2D eigenvalue weighted by Crippen LogP contribution is -2.37. The monoisotopic (exact) mass is 453 g/mol. The molecule has 1 aliphatic heterocycles. The number of allylic oxidation sites excluding steroid dienone is 2. The first-order valence-electron chi connectivity index (χ1n) is 10.2. The smallest absolute Gasteiger partial charge is 0.416 e. The van der Waals surface area contributed by atoms with Crippen LogP contribution < -0.4 is 5.32 Å². The van der Waals surface area contributed by atoms with E-state index in [1.165, 1.54) is 18.2 Å². The van der Waals surface area contributed by atoms with Gasteiger partial charge in [0.05, 0.1) is 22.6 Å². The Morgan fingerprint density at radius 3 is 1.59 bits per heavy atom. The van der Waals surface area contributed by atoms with E-state index in [2.05, 4.69) is 5.32 Å². The van der Waals surface area contributed by atoms with E-state index in [0.29, 0.717) is 11.4 Å². The van der Waals surface area contributed by atoms with Crippen LogP contribution in [0.5, 0.6) is 0 Å². The van der Waals surface area contributed by atoms with Gasteiger partial charge >= 0.3 is 18.1 Å². The molecule has 0 saturated carbocycles. The molecule has 0 aromatic heterocycles. The first-order chi connectivity index (χ1) is 14.4. The quantitative estimate of drug-likeness (QED) is 0.602. The number of nitrogens with one attached hydrogen (secondary N) is 1. The van der Waals surface area contributed by atoms with E-state index in [9.17, 15) is 22.8 Å². The molecule has 0 atom stereocenters. The average molecular weight is 454 g/mol. The maximum Gasteiger partial charge on any atom is 0.416 e. The second-order valence-electron chi connectivity index (χ2n) is 9.72. The maximum absolute atomic E-state index is 13.9. The molecule has 1 heterocycles. The number of benzene rings is 1. The van der Waals surface area contributed by atoms with Crippen LogP contribution >= 0.6 is 0 Å². The SMILES string of the molecule is CC1=C(C(=O)OC(C)(C)C)C(c2ccccc2C(F)(F)F)C(C(=O)OC(C)(C)C)=C(C)N1. The second-order valence-corrected chi connectivity index (χ2v) is 9.72. The number of carbonyl (C=O) groups is 2. The summed E-state index contributed by atoms with van der Waals surface area (Å²) >= 11 is 0. The first-order valence-corrected chi connectivity index (χ1v) is 10.2. The highest BCUT2D eigenvalue weighted by Gasteiger charge is 2.44. The lowest BCUT2D eigenvalue weighted by Gasteiger charge is -2.34. The molecule has 0 spiro atoms. The van der Waals surface area contributed by atoms with Crippen LogP contribution in [-0.2, 0) is 25.2 Å². The number of rotatable bonds is 3. The predicted molar refractivity (Wildman–Crippen MR) is 114 cm³/mol. The number of esters is 2. The molecule has 8 heteroatoms. The van der Waals surface area contributed by atoms with Crippen molar-refractivity contribution in [1.29, 1.82) is 0 Å². The molecule has 5 nitrogen and oxygen atoms in total. The minimum absolute atomic E-state index is 0.0666. The zero-order valence-electron chi connectivity index (χ0n) is 19.7. The minimum Gasteiger partial charge on any atom is -0.457 e. The van der Waals surface area contributed by atoms with Crippen molar-refractivity contribution in [2.45, 2.75) is 78.7 Å². The number of dihydropyridines is 1. The Hall–Kier alpha value is -2.77. The molecular formula is C24H30F3NO4. The fourth-order valence-corrected chi connectivity index (χ4v) is 3.52. The van der Waals surface area contributed by atoms with Crippen LogP contribution in [0.15, 0.2) is 46.8 Å². The molecule has 0 unspecified atom stereocenters. The normalized spacial score (nSPS) is 16.1. The van der Waals surface area contributed by atoms with Gasteiger partial charge in [-0.3, -0.25) is 0 Å². The maximum atomic E-state index is 13.9. The van der Waals surface area contributed by atoms with Gasteiger partial charge in [0.15, 0.2) is 0 Å². The summed E-state index contributed by atoms with van der Waals surface area (Å²) in [7, 11) is 0. The third kappa shape index (κ3) is 5.93. The summed E-state index contributed by atoms with van der Waals surface area (Å²) in [4.78, 5) is 26.3. The predicted octanol–water partition coefficient (Wildman–Crippen LogP) is 5.62. The molecule has 32 heavy (non-hydrogen) atoms. The summed E-state index contributed by atoms with van der Waals surface area (Å²) in [5.41, 5.74) is -2.44. The van der Waals surface area contributed by atoms with E-state index in [1.807, 2.05) is 0 Å².